The molecule has 3 heterocycles. The number of thiazole rings is 2. The number of fused-ring (bicyclic) bond motifs is 1. The van der Waals surface area contributed by atoms with E-state index in [0.29, 0.717) is 39.3 Å². The van der Waals surface area contributed by atoms with Crippen LogP contribution in [0.1, 0.15) is 50.1 Å². The fraction of sp³-hybridized carbons (Fsp3) is 0.360. The van der Waals surface area contributed by atoms with Crippen LogP contribution in [0, 0.1) is 19.8 Å². The average Bonchev–Trinajstić information content (AvgIpc) is 3.26. The fourth-order valence-electron chi connectivity index (χ4n) is 4.17. The quantitative estimate of drug-likeness (QED) is 0.319. The predicted molar refractivity (Wildman–Crippen MR) is 136 cm³/mol. The zero-order valence-corrected chi connectivity index (χ0v) is 21.8. The Morgan fingerprint density at radius 2 is 1.89 bits per heavy atom. The lowest BCUT2D eigenvalue weighted by Crippen LogP contribution is -2.40. The van der Waals surface area contributed by atoms with E-state index in [2.05, 4.69) is 15.3 Å². The third-order valence-corrected chi connectivity index (χ3v) is 7.97. The lowest BCUT2D eigenvalue weighted by molar-refractivity contribution is -0.137. The maximum atomic E-state index is 13.6. The molecule has 1 saturated carbocycles. The summed E-state index contributed by atoms with van der Waals surface area (Å²) in [4.78, 5) is 38.3. The van der Waals surface area contributed by atoms with Crippen molar-refractivity contribution in [2.45, 2.75) is 32.9 Å². The van der Waals surface area contributed by atoms with Gasteiger partial charge in [-0.2, -0.15) is 13.2 Å². The minimum Gasteiger partial charge on any atom is -0.349 e. The molecule has 0 aliphatic heterocycles. The van der Waals surface area contributed by atoms with Crippen LogP contribution in [0.3, 0.4) is 0 Å². The fourth-order valence-corrected chi connectivity index (χ4v) is 5.85. The Hall–Kier alpha value is -3.25. The van der Waals surface area contributed by atoms with Gasteiger partial charge in [0.1, 0.15) is 11.4 Å². The summed E-state index contributed by atoms with van der Waals surface area (Å²) in [6.45, 7) is 4.62. The first kappa shape index (κ1) is 25.4. The van der Waals surface area contributed by atoms with Crippen LogP contribution in [0.25, 0.3) is 15.4 Å². The number of carbonyl (C=O) groups excluding carboxylic acids is 2. The topological polar surface area (TPSA) is 79.6 Å². The molecule has 5 rings (SSSR count). The van der Waals surface area contributed by atoms with E-state index >= 15 is 0 Å². The number of hydrogen-bond donors (Lipinski definition) is 1. The summed E-state index contributed by atoms with van der Waals surface area (Å²) in [5, 5.41) is 5.40. The Balaban J connectivity index is 1.32. The molecule has 12 heteroatoms. The predicted octanol–water partition coefficient (Wildman–Crippen LogP) is 5.44. The Morgan fingerprint density at radius 1 is 1.16 bits per heavy atom. The molecule has 3 aromatic heterocycles. The molecular formula is C25H24F3N5O2S2. The maximum absolute atomic E-state index is 13.6. The Kier molecular flexibility index (Phi) is 6.80. The van der Waals surface area contributed by atoms with Gasteiger partial charge < -0.3 is 10.2 Å². The molecule has 37 heavy (non-hydrogen) atoms. The van der Waals surface area contributed by atoms with E-state index in [1.165, 1.54) is 34.8 Å². The van der Waals surface area contributed by atoms with E-state index in [-0.39, 0.29) is 30.6 Å². The molecule has 0 radical (unpaired) electrons. The van der Waals surface area contributed by atoms with Gasteiger partial charge in [-0.15, -0.1) is 22.7 Å². The van der Waals surface area contributed by atoms with Crippen molar-refractivity contribution in [3.05, 3.63) is 63.5 Å². The van der Waals surface area contributed by atoms with Crippen molar-refractivity contribution in [1.29, 1.82) is 0 Å². The molecule has 1 aromatic carbocycles. The number of halogens is 3. The summed E-state index contributed by atoms with van der Waals surface area (Å²) in [6, 6.07) is 4.77. The Bertz CT molecular complexity index is 1450. The van der Waals surface area contributed by atoms with E-state index in [0.717, 1.165) is 29.9 Å². The summed E-state index contributed by atoms with van der Waals surface area (Å²) in [6.07, 6.45) is -0.575. The van der Waals surface area contributed by atoms with Crippen molar-refractivity contribution in [2.24, 2.45) is 5.92 Å². The highest BCUT2D eigenvalue weighted by molar-refractivity contribution is 7.15. The van der Waals surface area contributed by atoms with Gasteiger partial charge in [-0.25, -0.2) is 9.97 Å². The standard InChI is InChI=1S/C25H24F3N5O2S2/c1-14-20(33-11-12-36-24(33)30-14)22(34)29-9-10-32(13-16-3-4-16)23(35)19-21(37-15(2)31-19)17-5-7-18(8-6-17)25(26,27)28/h5-8,11-12,16H,3-4,9-10,13H2,1-2H3,(H,29,34). The molecule has 2 amide bonds. The number of aryl methyl sites for hydroxylation is 2. The molecular weight excluding hydrogens is 523 g/mol. The van der Waals surface area contributed by atoms with E-state index in [1.54, 1.807) is 29.3 Å². The number of benzene rings is 1. The molecule has 0 atom stereocenters. The number of rotatable bonds is 8. The number of amides is 2. The van der Waals surface area contributed by atoms with Gasteiger partial charge >= 0.3 is 6.18 Å². The van der Waals surface area contributed by atoms with Crippen molar-refractivity contribution < 1.29 is 22.8 Å². The summed E-state index contributed by atoms with van der Waals surface area (Å²) in [5.41, 5.74) is 1.09. The minimum atomic E-state index is -4.43. The zero-order chi connectivity index (χ0) is 26.3. The monoisotopic (exact) mass is 547 g/mol. The molecule has 1 aliphatic carbocycles. The molecule has 7 nitrogen and oxygen atoms in total. The number of nitrogens with zero attached hydrogens (tertiary/aromatic N) is 4. The average molecular weight is 548 g/mol. The third kappa shape index (κ3) is 5.40. The Morgan fingerprint density at radius 3 is 2.57 bits per heavy atom. The van der Waals surface area contributed by atoms with Crippen LogP contribution in [0.2, 0.25) is 0 Å². The van der Waals surface area contributed by atoms with Crippen molar-refractivity contribution in [3.63, 3.8) is 0 Å². The molecule has 1 N–H and O–H groups in total. The lowest BCUT2D eigenvalue weighted by atomic mass is 10.1. The first-order valence-corrected chi connectivity index (χ1v) is 13.5. The van der Waals surface area contributed by atoms with Crippen molar-refractivity contribution in [1.82, 2.24) is 24.6 Å². The van der Waals surface area contributed by atoms with Crippen LogP contribution in [0.4, 0.5) is 13.2 Å². The second-order valence-electron chi connectivity index (χ2n) is 9.04. The SMILES string of the molecule is Cc1nc(C(=O)N(CCNC(=O)c2c(C)nc3sccn23)CC2CC2)c(-c2ccc(C(F)(F)F)cc2)s1. The van der Waals surface area contributed by atoms with Gasteiger partial charge in [0.2, 0.25) is 0 Å². The van der Waals surface area contributed by atoms with Crippen molar-refractivity contribution in [2.75, 3.05) is 19.6 Å². The number of carbonyl (C=O) groups is 2. The number of hydrogen-bond acceptors (Lipinski definition) is 6. The highest BCUT2D eigenvalue weighted by atomic mass is 32.1. The van der Waals surface area contributed by atoms with Gasteiger partial charge in [0, 0.05) is 31.2 Å². The number of alkyl halides is 3. The van der Waals surface area contributed by atoms with Gasteiger partial charge in [0.15, 0.2) is 4.96 Å². The van der Waals surface area contributed by atoms with E-state index < -0.39 is 11.7 Å². The molecule has 0 bridgehead atoms. The van der Waals surface area contributed by atoms with Crippen LogP contribution in [0.15, 0.2) is 35.8 Å². The van der Waals surface area contributed by atoms with Gasteiger partial charge in [-0.05, 0) is 50.3 Å². The number of nitrogens with one attached hydrogen (secondary N) is 1. The normalized spacial score (nSPS) is 13.8. The van der Waals surface area contributed by atoms with Crippen molar-refractivity contribution in [3.8, 4) is 10.4 Å². The summed E-state index contributed by atoms with van der Waals surface area (Å²) in [7, 11) is 0. The van der Waals surface area contributed by atoms with Crippen LogP contribution in [-0.4, -0.2) is 50.7 Å². The van der Waals surface area contributed by atoms with Gasteiger partial charge in [-0.3, -0.25) is 14.0 Å². The van der Waals surface area contributed by atoms with Crippen LogP contribution in [-0.2, 0) is 6.18 Å². The van der Waals surface area contributed by atoms with Crippen LogP contribution >= 0.6 is 22.7 Å². The molecule has 1 aliphatic rings. The summed E-state index contributed by atoms with van der Waals surface area (Å²) >= 11 is 2.72. The van der Waals surface area contributed by atoms with Crippen LogP contribution in [0.5, 0.6) is 0 Å². The van der Waals surface area contributed by atoms with Crippen LogP contribution < -0.4 is 5.32 Å². The highest BCUT2D eigenvalue weighted by Gasteiger charge is 2.32. The van der Waals surface area contributed by atoms with E-state index in [4.69, 9.17) is 0 Å². The molecule has 4 aromatic rings. The smallest absolute Gasteiger partial charge is 0.349 e. The molecule has 194 valence electrons. The third-order valence-electron chi connectivity index (χ3n) is 6.19. The first-order chi connectivity index (χ1) is 17.6. The van der Waals surface area contributed by atoms with Gasteiger partial charge in [-0.1, -0.05) is 12.1 Å². The first-order valence-electron chi connectivity index (χ1n) is 11.8. The lowest BCUT2D eigenvalue weighted by Gasteiger charge is -2.22. The second-order valence-corrected chi connectivity index (χ2v) is 11.1. The van der Waals surface area contributed by atoms with E-state index in [9.17, 15) is 22.8 Å². The molecule has 0 saturated heterocycles. The highest BCUT2D eigenvalue weighted by Crippen LogP contribution is 2.35. The largest absolute Gasteiger partial charge is 0.416 e. The Labute approximate surface area is 219 Å². The minimum absolute atomic E-state index is 0.223. The molecule has 1 fully saturated rings. The second kappa shape index (κ2) is 9.90. The van der Waals surface area contributed by atoms with Gasteiger partial charge in [0.05, 0.1) is 21.1 Å². The molecule has 0 unspecified atom stereocenters. The van der Waals surface area contributed by atoms with E-state index in [1.807, 2.05) is 5.38 Å². The van der Waals surface area contributed by atoms with Crippen molar-refractivity contribution >= 4 is 39.4 Å². The number of aromatic nitrogens is 3. The van der Waals surface area contributed by atoms with Gasteiger partial charge in [0.25, 0.3) is 11.8 Å². The summed E-state index contributed by atoms with van der Waals surface area (Å²) in [5.74, 6) is -0.158. The molecule has 0 spiro atoms. The number of imidazole rings is 1. The maximum Gasteiger partial charge on any atom is 0.416 e. The summed E-state index contributed by atoms with van der Waals surface area (Å²) < 4.78 is 40.8. The zero-order valence-electron chi connectivity index (χ0n) is 20.1.